The van der Waals surface area contributed by atoms with Gasteiger partial charge in [-0.1, -0.05) is 29.4 Å². The van der Waals surface area contributed by atoms with Gasteiger partial charge in [-0.3, -0.25) is 19.5 Å². The number of fused-ring (bicyclic) bond motifs is 1. The molecule has 2 amide bonds. The molecule has 11 heteroatoms. The molecule has 2 aromatic carbocycles. The number of carbonyl (C=O) groups is 2. The van der Waals surface area contributed by atoms with Crippen LogP contribution in [0.3, 0.4) is 0 Å². The van der Waals surface area contributed by atoms with E-state index >= 15 is 0 Å². The molecule has 11 nitrogen and oxygen atoms in total. The van der Waals surface area contributed by atoms with Crippen molar-refractivity contribution in [1.29, 1.82) is 0 Å². The highest BCUT2D eigenvalue weighted by Gasteiger charge is 2.31. The number of piperidine rings is 1. The van der Waals surface area contributed by atoms with E-state index in [1.54, 1.807) is 30.6 Å². The maximum Gasteiger partial charge on any atom is 0.420 e. The van der Waals surface area contributed by atoms with Gasteiger partial charge in [0.2, 0.25) is 23.5 Å². The third kappa shape index (κ3) is 3.96. The number of carbonyl (C=O) groups excluding carboxylic acids is 2. The number of benzene rings is 2. The fraction of sp³-hybridized carbons (Fsp3) is 0.160. The van der Waals surface area contributed by atoms with Crippen LogP contribution in [0.5, 0.6) is 0 Å². The monoisotopic (exact) mass is 482 g/mol. The smallest absolute Gasteiger partial charge is 0.408 e. The van der Waals surface area contributed by atoms with Crippen LogP contribution in [0.2, 0.25) is 0 Å². The van der Waals surface area contributed by atoms with Crippen molar-refractivity contribution in [2.45, 2.75) is 25.3 Å². The molecule has 0 aliphatic carbocycles. The second-order valence-electron chi connectivity index (χ2n) is 8.41. The molecular weight excluding hydrogens is 464 g/mol. The first kappa shape index (κ1) is 21.6. The minimum Gasteiger partial charge on any atom is -0.408 e. The zero-order valence-corrected chi connectivity index (χ0v) is 18.7. The van der Waals surface area contributed by atoms with Crippen LogP contribution in [0.1, 0.15) is 30.3 Å². The number of amides is 2. The van der Waals surface area contributed by atoms with Crippen molar-refractivity contribution in [1.82, 2.24) is 30.2 Å². The van der Waals surface area contributed by atoms with Crippen molar-refractivity contribution in [2.24, 2.45) is 0 Å². The number of nitrogens with zero attached hydrogens (tertiary/aromatic N) is 5. The van der Waals surface area contributed by atoms with E-state index in [1.165, 1.54) is 4.57 Å². The summed E-state index contributed by atoms with van der Waals surface area (Å²) in [7, 11) is 0. The van der Waals surface area contributed by atoms with Crippen molar-refractivity contribution in [2.75, 3.05) is 0 Å². The quantitative estimate of drug-likeness (QED) is 0.374. The summed E-state index contributed by atoms with van der Waals surface area (Å²) < 4.78 is 12.1. The van der Waals surface area contributed by atoms with Gasteiger partial charge < -0.3 is 8.94 Å². The van der Waals surface area contributed by atoms with E-state index in [-0.39, 0.29) is 18.7 Å². The van der Waals surface area contributed by atoms with Crippen molar-refractivity contribution in [3.05, 3.63) is 82.9 Å². The zero-order valence-electron chi connectivity index (χ0n) is 18.7. The van der Waals surface area contributed by atoms with Gasteiger partial charge in [0.15, 0.2) is 5.58 Å². The molecule has 3 aromatic heterocycles. The predicted molar refractivity (Wildman–Crippen MR) is 125 cm³/mol. The molecule has 178 valence electrons. The van der Waals surface area contributed by atoms with Crippen LogP contribution in [0.25, 0.3) is 33.6 Å². The van der Waals surface area contributed by atoms with E-state index in [0.717, 1.165) is 22.3 Å². The lowest BCUT2D eigenvalue weighted by Crippen LogP contribution is -2.43. The molecule has 1 saturated heterocycles. The molecule has 0 spiro atoms. The highest BCUT2D eigenvalue weighted by molar-refractivity contribution is 6.00. The first-order valence-corrected chi connectivity index (χ1v) is 11.2. The van der Waals surface area contributed by atoms with Gasteiger partial charge in [-0.15, -0.1) is 0 Å². The lowest BCUT2D eigenvalue weighted by molar-refractivity contribution is -0.135. The van der Waals surface area contributed by atoms with Gasteiger partial charge in [-0.2, -0.15) is 15.2 Å². The minimum absolute atomic E-state index is 0.152. The minimum atomic E-state index is -0.815. The Labute approximate surface area is 202 Å². The number of oxazole rings is 1. The van der Waals surface area contributed by atoms with Gasteiger partial charge >= 0.3 is 5.76 Å². The van der Waals surface area contributed by atoms with Gasteiger partial charge in [0.05, 0.1) is 24.3 Å². The molecule has 1 N–H and O–H groups in total. The SMILES string of the molecule is O=C1CCC(n2c(=O)oc3ccc(Cc4nc(-c5cccc(-c6ccnnc6)c5)no4)cc32)C(=O)N1. The Morgan fingerprint density at radius 1 is 1.00 bits per heavy atom. The molecule has 1 atom stereocenters. The maximum absolute atomic E-state index is 12.5. The molecule has 6 rings (SSSR count). The summed E-state index contributed by atoms with van der Waals surface area (Å²) in [6.07, 6.45) is 4.00. The Morgan fingerprint density at radius 2 is 1.89 bits per heavy atom. The fourth-order valence-corrected chi connectivity index (χ4v) is 4.33. The number of hydrogen-bond donors (Lipinski definition) is 1. The number of aromatic nitrogens is 5. The molecule has 4 heterocycles. The summed E-state index contributed by atoms with van der Waals surface area (Å²) in [6, 6.07) is 14.0. The van der Waals surface area contributed by atoms with Crippen molar-refractivity contribution in [3.63, 3.8) is 0 Å². The van der Waals surface area contributed by atoms with E-state index < -0.39 is 17.7 Å². The topological polar surface area (TPSA) is 146 Å². The molecule has 1 aliphatic heterocycles. The number of rotatable bonds is 5. The third-order valence-corrected chi connectivity index (χ3v) is 6.06. The highest BCUT2D eigenvalue weighted by atomic mass is 16.5. The van der Waals surface area contributed by atoms with E-state index in [9.17, 15) is 14.4 Å². The van der Waals surface area contributed by atoms with Crippen LogP contribution in [0.15, 0.2) is 74.7 Å². The van der Waals surface area contributed by atoms with Gasteiger partial charge in [0.1, 0.15) is 6.04 Å². The molecule has 36 heavy (non-hydrogen) atoms. The third-order valence-electron chi connectivity index (χ3n) is 6.06. The van der Waals surface area contributed by atoms with Gasteiger partial charge in [-0.25, -0.2) is 4.79 Å². The predicted octanol–water partition coefficient (Wildman–Crippen LogP) is 2.67. The number of nitrogens with one attached hydrogen (secondary N) is 1. The van der Waals surface area contributed by atoms with Crippen LogP contribution >= 0.6 is 0 Å². The molecule has 0 radical (unpaired) electrons. The Balaban J connectivity index is 1.28. The summed E-state index contributed by atoms with van der Waals surface area (Å²) in [4.78, 5) is 40.9. The zero-order chi connectivity index (χ0) is 24.6. The van der Waals surface area contributed by atoms with Crippen LogP contribution in [-0.4, -0.2) is 36.7 Å². The largest absolute Gasteiger partial charge is 0.420 e. The van der Waals surface area contributed by atoms with Crippen molar-refractivity contribution in [3.8, 4) is 22.5 Å². The number of hydrogen-bond acceptors (Lipinski definition) is 9. The van der Waals surface area contributed by atoms with E-state index in [1.807, 2.05) is 30.3 Å². The van der Waals surface area contributed by atoms with E-state index in [2.05, 4.69) is 25.7 Å². The Morgan fingerprint density at radius 3 is 2.72 bits per heavy atom. The molecule has 0 saturated carbocycles. The summed E-state index contributed by atoms with van der Waals surface area (Å²) in [5, 5.41) is 14.1. The standard InChI is InChI=1S/C25H18N6O5/c32-21-7-5-18(24(33)28-21)31-19-10-14(4-6-20(19)35-25(31)34)11-22-29-23(30-36-22)16-3-1-2-15(12-16)17-8-9-26-27-13-17/h1-4,6,8-10,12-13,18H,5,7,11H2,(H,28,32,33). The Kier molecular flexibility index (Phi) is 5.21. The molecule has 1 unspecified atom stereocenters. The molecule has 1 aliphatic rings. The normalized spacial score (nSPS) is 15.8. The summed E-state index contributed by atoms with van der Waals surface area (Å²) in [6.45, 7) is 0. The lowest BCUT2D eigenvalue weighted by atomic mass is 10.0. The summed E-state index contributed by atoms with van der Waals surface area (Å²) in [5.41, 5.74) is 4.26. The number of imide groups is 1. The Hall–Kier alpha value is -4.93. The van der Waals surface area contributed by atoms with Crippen LogP contribution < -0.4 is 11.1 Å². The van der Waals surface area contributed by atoms with Gasteiger partial charge in [-0.05, 0) is 41.8 Å². The van der Waals surface area contributed by atoms with Gasteiger partial charge in [0, 0.05) is 17.5 Å². The summed E-state index contributed by atoms with van der Waals surface area (Å²) >= 11 is 0. The fourth-order valence-electron chi connectivity index (χ4n) is 4.33. The van der Waals surface area contributed by atoms with Crippen LogP contribution in [-0.2, 0) is 16.0 Å². The van der Waals surface area contributed by atoms with Crippen LogP contribution in [0, 0.1) is 0 Å². The van der Waals surface area contributed by atoms with E-state index in [0.29, 0.717) is 29.2 Å². The van der Waals surface area contributed by atoms with Crippen molar-refractivity contribution >= 4 is 22.9 Å². The summed E-state index contributed by atoms with van der Waals surface area (Å²) in [5.74, 6) is -0.695. The second-order valence-corrected chi connectivity index (χ2v) is 8.41. The lowest BCUT2D eigenvalue weighted by Gasteiger charge is -2.21. The molecule has 5 aromatic rings. The average molecular weight is 482 g/mol. The van der Waals surface area contributed by atoms with Crippen LogP contribution in [0.4, 0.5) is 0 Å². The molecular formula is C25H18N6O5. The maximum atomic E-state index is 12.5. The molecule has 0 bridgehead atoms. The Bertz CT molecular complexity index is 1670. The van der Waals surface area contributed by atoms with Crippen molar-refractivity contribution < 1.29 is 18.5 Å². The van der Waals surface area contributed by atoms with E-state index in [4.69, 9.17) is 8.94 Å². The first-order valence-electron chi connectivity index (χ1n) is 11.2. The first-order chi connectivity index (χ1) is 17.5. The highest BCUT2D eigenvalue weighted by Crippen LogP contribution is 2.26. The van der Waals surface area contributed by atoms with Gasteiger partial charge in [0.25, 0.3) is 0 Å². The average Bonchev–Trinajstić information content (AvgIpc) is 3.48. The molecule has 1 fully saturated rings. The second kappa shape index (κ2) is 8.69.